The van der Waals surface area contributed by atoms with E-state index in [0.717, 1.165) is 6.08 Å². The van der Waals surface area contributed by atoms with Crippen molar-refractivity contribution in [3.8, 4) is 0 Å². The lowest BCUT2D eigenvalue weighted by Gasteiger charge is -2.24. The second-order valence-corrected chi connectivity index (χ2v) is 7.26. The van der Waals surface area contributed by atoms with E-state index in [1.807, 2.05) is 6.92 Å². The van der Waals surface area contributed by atoms with Crippen molar-refractivity contribution in [2.24, 2.45) is 0 Å². The van der Waals surface area contributed by atoms with Crippen LogP contribution in [0.3, 0.4) is 0 Å². The van der Waals surface area contributed by atoms with Crippen LogP contribution in [0.5, 0.6) is 0 Å². The third-order valence-corrected chi connectivity index (χ3v) is 5.14. The molecular weight excluding hydrogens is 314 g/mol. The quantitative estimate of drug-likeness (QED) is 0.785. The summed E-state index contributed by atoms with van der Waals surface area (Å²) in [6, 6.07) is 4.27. The Morgan fingerprint density at radius 3 is 2.52 bits per heavy atom. The number of carboxylic acid groups (broad SMARTS) is 1. The predicted octanol–water partition coefficient (Wildman–Crippen LogP) is 2.90. The fourth-order valence-electron chi connectivity index (χ4n) is 1.50. The SMILES string of the molecule is CCC(C)(C)NS(=O)(=O)c1ccc(C=CC(=O)O)cc1Cl. The molecule has 7 heteroatoms. The van der Waals surface area contributed by atoms with Crippen LogP contribution in [-0.4, -0.2) is 25.0 Å². The fraction of sp³-hybridized carbons (Fsp3) is 0.357. The number of carbonyl (C=O) groups is 1. The number of carboxylic acids is 1. The molecule has 0 unspecified atom stereocenters. The molecule has 0 saturated carbocycles. The van der Waals surface area contributed by atoms with Gasteiger partial charge in [0.15, 0.2) is 0 Å². The van der Waals surface area contributed by atoms with Crippen molar-refractivity contribution in [3.05, 3.63) is 34.9 Å². The Bertz CT molecular complexity index is 666. The Labute approximate surface area is 129 Å². The third kappa shape index (κ3) is 5.15. The molecule has 0 spiro atoms. The summed E-state index contributed by atoms with van der Waals surface area (Å²) in [6.45, 7) is 5.44. The summed E-state index contributed by atoms with van der Waals surface area (Å²) in [4.78, 5) is 10.4. The monoisotopic (exact) mass is 331 g/mol. The molecule has 1 aromatic carbocycles. The van der Waals surface area contributed by atoms with Gasteiger partial charge in [-0.05, 0) is 44.0 Å². The highest BCUT2D eigenvalue weighted by atomic mass is 35.5. The lowest BCUT2D eigenvalue weighted by Crippen LogP contribution is -2.42. The Kier molecular flexibility index (Phi) is 5.55. The molecule has 0 aliphatic carbocycles. The van der Waals surface area contributed by atoms with Crippen molar-refractivity contribution in [2.75, 3.05) is 0 Å². The minimum Gasteiger partial charge on any atom is -0.478 e. The van der Waals surface area contributed by atoms with Crippen LogP contribution in [0, 0.1) is 0 Å². The Morgan fingerprint density at radius 1 is 1.43 bits per heavy atom. The van der Waals surface area contributed by atoms with Crippen molar-refractivity contribution in [1.82, 2.24) is 4.72 Å². The van der Waals surface area contributed by atoms with Gasteiger partial charge < -0.3 is 5.11 Å². The number of sulfonamides is 1. The molecular formula is C14H18ClNO4S. The highest BCUT2D eigenvalue weighted by Gasteiger charge is 2.26. The van der Waals surface area contributed by atoms with Gasteiger partial charge in [-0.25, -0.2) is 17.9 Å². The molecule has 1 aromatic rings. The molecule has 0 heterocycles. The highest BCUT2D eigenvalue weighted by Crippen LogP contribution is 2.25. The lowest BCUT2D eigenvalue weighted by atomic mass is 10.0. The van der Waals surface area contributed by atoms with Crippen LogP contribution in [0.1, 0.15) is 32.8 Å². The number of aliphatic carboxylic acids is 1. The molecule has 2 N–H and O–H groups in total. The van der Waals surface area contributed by atoms with Gasteiger partial charge in [0.1, 0.15) is 4.90 Å². The summed E-state index contributed by atoms with van der Waals surface area (Å²) < 4.78 is 27.2. The van der Waals surface area contributed by atoms with Gasteiger partial charge in [-0.3, -0.25) is 0 Å². The molecule has 0 saturated heterocycles. The number of hydrogen-bond donors (Lipinski definition) is 2. The number of halogens is 1. The molecule has 0 aliphatic heterocycles. The smallest absolute Gasteiger partial charge is 0.328 e. The van der Waals surface area contributed by atoms with E-state index < -0.39 is 21.5 Å². The minimum atomic E-state index is -3.73. The summed E-state index contributed by atoms with van der Waals surface area (Å²) in [7, 11) is -3.73. The molecule has 116 valence electrons. The van der Waals surface area contributed by atoms with Crippen LogP contribution in [0.15, 0.2) is 29.2 Å². The summed E-state index contributed by atoms with van der Waals surface area (Å²) in [6.07, 6.45) is 2.93. The molecule has 0 aliphatic rings. The Balaban J connectivity index is 3.13. The topological polar surface area (TPSA) is 83.5 Å². The first-order chi connectivity index (χ1) is 9.57. The number of rotatable bonds is 6. The van der Waals surface area contributed by atoms with Gasteiger partial charge in [-0.1, -0.05) is 24.6 Å². The standard InChI is InChI=1S/C14H18ClNO4S/c1-4-14(2,3)16-21(19,20)12-7-5-10(9-11(12)15)6-8-13(17)18/h5-9,16H,4H2,1-3H3,(H,17,18). The zero-order valence-electron chi connectivity index (χ0n) is 12.1. The van der Waals surface area contributed by atoms with Gasteiger partial charge in [-0.15, -0.1) is 0 Å². The minimum absolute atomic E-state index is 0.0295. The number of hydrogen-bond acceptors (Lipinski definition) is 3. The first kappa shape index (κ1) is 17.7. The van der Waals surface area contributed by atoms with Gasteiger partial charge >= 0.3 is 5.97 Å². The second-order valence-electron chi connectivity index (χ2n) is 5.20. The van der Waals surface area contributed by atoms with Crippen molar-refractivity contribution in [3.63, 3.8) is 0 Å². The molecule has 21 heavy (non-hydrogen) atoms. The van der Waals surface area contributed by atoms with E-state index in [9.17, 15) is 13.2 Å². The largest absolute Gasteiger partial charge is 0.478 e. The van der Waals surface area contributed by atoms with E-state index in [1.54, 1.807) is 13.8 Å². The third-order valence-electron chi connectivity index (χ3n) is 2.96. The second kappa shape index (κ2) is 6.60. The molecule has 0 bridgehead atoms. The average molecular weight is 332 g/mol. The van der Waals surface area contributed by atoms with E-state index in [-0.39, 0.29) is 9.92 Å². The van der Waals surface area contributed by atoms with Crippen LogP contribution >= 0.6 is 11.6 Å². The Morgan fingerprint density at radius 2 is 2.05 bits per heavy atom. The van der Waals surface area contributed by atoms with Crippen LogP contribution < -0.4 is 4.72 Å². The van der Waals surface area contributed by atoms with E-state index in [2.05, 4.69) is 4.72 Å². The van der Waals surface area contributed by atoms with Crippen LogP contribution in [0.25, 0.3) is 6.08 Å². The molecule has 5 nitrogen and oxygen atoms in total. The Hall–Kier alpha value is -1.37. The summed E-state index contributed by atoms with van der Waals surface area (Å²) in [5.74, 6) is -1.09. The maximum atomic E-state index is 12.3. The van der Waals surface area contributed by atoms with Crippen molar-refractivity contribution in [1.29, 1.82) is 0 Å². The normalized spacial score (nSPS) is 12.8. The number of benzene rings is 1. The molecule has 1 rings (SSSR count). The maximum absolute atomic E-state index is 12.3. The average Bonchev–Trinajstić information content (AvgIpc) is 2.34. The first-order valence-electron chi connectivity index (χ1n) is 6.32. The van der Waals surface area contributed by atoms with E-state index >= 15 is 0 Å². The highest BCUT2D eigenvalue weighted by molar-refractivity contribution is 7.89. The van der Waals surface area contributed by atoms with Gasteiger partial charge in [0.05, 0.1) is 5.02 Å². The van der Waals surface area contributed by atoms with Crippen molar-refractivity contribution in [2.45, 2.75) is 37.6 Å². The molecule has 0 atom stereocenters. The van der Waals surface area contributed by atoms with Gasteiger partial charge in [0.2, 0.25) is 10.0 Å². The van der Waals surface area contributed by atoms with E-state index in [4.69, 9.17) is 16.7 Å². The lowest BCUT2D eigenvalue weighted by molar-refractivity contribution is -0.131. The van der Waals surface area contributed by atoms with Gasteiger partial charge in [0.25, 0.3) is 0 Å². The van der Waals surface area contributed by atoms with Crippen LogP contribution in [0.4, 0.5) is 0 Å². The first-order valence-corrected chi connectivity index (χ1v) is 8.18. The van der Waals surface area contributed by atoms with Crippen molar-refractivity contribution < 1.29 is 18.3 Å². The summed E-state index contributed by atoms with van der Waals surface area (Å²) in [5.41, 5.74) is -0.0690. The zero-order valence-corrected chi connectivity index (χ0v) is 13.6. The molecule has 0 aromatic heterocycles. The van der Waals surface area contributed by atoms with E-state index in [1.165, 1.54) is 24.3 Å². The maximum Gasteiger partial charge on any atom is 0.328 e. The van der Waals surface area contributed by atoms with Gasteiger partial charge in [0, 0.05) is 11.6 Å². The van der Waals surface area contributed by atoms with Crippen LogP contribution in [-0.2, 0) is 14.8 Å². The zero-order chi connectivity index (χ0) is 16.3. The van der Waals surface area contributed by atoms with Crippen molar-refractivity contribution >= 4 is 33.7 Å². The predicted molar refractivity (Wildman–Crippen MR) is 82.8 cm³/mol. The van der Waals surface area contributed by atoms with Gasteiger partial charge in [-0.2, -0.15) is 0 Å². The molecule has 0 amide bonds. The number of nitrogens with one attached hydrogen (secondary N) is 1. The fourth-order valence-corrected chi connectivity index (χ4v) is 3.54. The van der Waals surface area contributed by atoms with E-state index in [0.29, 0.717) is 12.0 Å². The van der Waals surface area contributed by atoms with Crippen LogP contribution in [0.2, 0.25) is 5.02 Å². The molecule has 0 fully saturated rings. The summed E-state index contributed by atoms with van der Waals surface area (Å²) >= 11 is 6.00. The summed E-state index contributed by atoms with van der Waals surface area (Å²) in [5, 5.41) is 8.60. The molecule has 0 radical (unpaired) electrons.